The molecule has 10 atom stereocenters. The van der Waals surface area contributed by atoms with E-state index >= 15 is 0 Å². The third kappa shape index (κ3) is 12.8. The molecule has 2 saturated heterocycles. The van der Waals surface area contributed by atoms with Crippen molar-refractivity contribution >= 4 is 69.3 Å². The summed E-state index contributed by atoms with van der Waals surface area (Å²) < 4.78 is 54.9. The lowest BCUT2D eigenvalue weighted by molar-refractivity contribution is -0.238. The third-order valence-corrected chi connectivity index (χ3v) is 8.86. The molecule has 0 radical (unpaired) electrons. The predicted octanol–water partition coefficient (Wildman–Crippen LogP) is 0.534. The number of hydrogen-bond acceptors (Lipinski definition) is 20. The Morgan fingerprint density at radius 1 is 0.396 bits per heavy atom. The van der Waals surface area contributed by atoms with Crippen LogP contribution in [-0.4, -0.2) is 121 Å². The van der Waals surface area contributed by atoms with Crippen LogP contribution >= 0.6 is 21.6 Å². The van der Waals surface area contributed by atoms with Crippen molar-refractivity contribution in [2.45, 2.75) is 115 Å². The highest BCUT2D eigenvalue weighted by atomic mass is 33.1. The van der Waals surface area contributed by atoms with Crippen LogP contribution in [-0.2, 0) is 85.7 Å². The zero-order chi connectivity index (χ0) is 36.3. The molecule has 0 bridgehead atoms. The summed E-state index contributed by atoms with van der Waals surface area (Å²) in [4.78, 5) is 96.1. The molecule has 0 aromatic heterocycles. The minimum Gasteiger partial charge on any atom is -0.463 e. The van der Waals surface area contributed by atoms with E-state index in [0.29, 0.717) is 0 Å². The van der Waals surface area contributed by atoms with E-state index in [9.17, 15) is 38.4 Å². The first-order valence-corrected chi connectivity index (χ1v) is 16.6. The topological polar surface area (TPSA) is 229 Å². The summed E-state index contributed by atoms with van der Waals surface area (Å²) in [6.45, 7) is 7.75. The van der Waals surface area contributed by atoms with Gasteiger partial charge in [0.2, 0.25) is 0 Å². The summed E-state index contributed by atoms with van der Waals surface area (Å²) in [5.74, 6) is -6.37. The SMILES string of the molecule is CC(=O)OC[C@@H]1O[C@H](SS[C@@H]2O[C@H](COC(C)=O)[C@@H](OC(C)=O)[C@H](OC(C)=O)[C@@H]2OC(C)=O)[C@H](OC(C)=O)[C@H](OC(C)=O)[C@@H]1OC(C)=O. The van der Waals surface area contributed by atoms with E-state index in [-0.39, 0.29) is 0 Å². The molecule has 0 spiro atoms. The Kier molecular flexibility index (Phi) is 15.9. The lowest BCUT2D eigenvalue weighted by Gasteiger charge is -2.46. The van der Waals surface area contributed by atoms with Crippen LogP contribution in [0.3, 0.4) is 0 Å². The molecule has 0 aromatic carbocycles. The first kappa shape index (κ1) is 40.6. The molecule has 48 heavy (non-hydrogen) atoms. The van der Waals surface area contributed by atoms with Crippen molar-refractivity contribution in [1.82, 2.24) is 0 Å². The first-order valence-electron chi connectivity index (χ1n) is 14.3. The second kappa shape index (κ2) is 18.8. The van der Waals surface area contributed by atoms with Gasteiger partial charge in [0.05, 0.1) is 0 Å². The third-order valence-electron chi connectivity index (χ3n) is 6.14. The highest BCUT2D eigenvalue weighted by molar-refractivity contribution is 8.77. The summed E-state index contributed by atoms with van der Waals surface area (Å²) in [6, 6.07) is 0. The lowest BCUT2D eigenvalue weighted by atomic mass is 9.99. The Hall–Kier alpha value is -3.62. The van der Waals surface area contributed by atoms with Crippen LogP contribution < -0.4 is 0 Å². The van der Waals surface area contributed by atoms with Gasteiger partial charge < -0.3 is 47.4 Å². The second-order valence-electron chi connectivity index (χ2n) is 10.3. The van der Waals surface area contributed by atoms with Gasteiger partial charge in [-0.15, -0.1) is 0 Å². The molecule has 0 aliphatic carbocycles. The first-order chi connectivity index (χ1) is 22.4. The number of carbonyl (C=O) groups excluding carboxylic acids is 8. The number of ether oxygens (including phenoxy) is 10. The molecule has 2 rings (SSSR count). The Morgan fingerprint density at radius 2 is 0.646 bits per heavy atom. The summed E-state index contributed by atoms with van der Waals surface area (Å²) in [6.07, 6.45) is -11.1. The normalized spacial score (nSPS) is 29.7. The van der Waals surface area contributed by atoms with Crippen molar-refractivity contribution in [3.05, 3.63) is 0 Å². The van der Waals surface area contributed by atoms with Gasteiger partial charge >= 0.3 is 47.8 Å². The maximum atomic E-state index is 12.2. The molecule has 0 amide bonds. The van der Waals surface area contributed by atoms with Crippen molar-refractivity contribution in [1.29, 1.82) is 0 Å². The van der Waals surface area contributed by atoms with E-state index in [4.69, 9.17) is 47.4 Å². The van der Waals surface area contributed by atoms with Crippen molar-refractivity contribution in [2.24, 2.45) is 0 Å². The van der Waals surface area contributed by atoms with Gasteiger partial charge in [0.1, 0.15) is 25.4 Å². The van der Waals surface area contributed by atoms with E-state index in [1.165, 1.54) is 0 Å². The van der Waals surface area contributed by atoms with Gasteiger partial charge in [-0.05, 0) is 0 Å². The maximum Gasteiger partial charge on any atom is 0.303 e. The average Bonchev–Trinajstić information content (AvgIpc) is 2.93. The summed E-state index contributed by atoms with van der Waals surface area (Å²) in [5, 5.41) is 0. The van der Waals surface area contributed by atoms with Gasteiger partial charge in [0.25, 0.3) is 0 Å². The van der Waals surface area contributed by atoms with Crippen molar-refractivity contribution in [3.63, 3.8) is 0 Å². The van der Waals surface area contributed by atoms with Gasteiger partial charge in [0.15, 0.2) is 47.5 Å². The van der Waals surface area contributed by atoms with Crippen LogP contribution in [0.2, 0.25) is 0 Å². The molecule has 270 valence electrons. The second-order valence-corrected chi connectivity index (χ2v) is 12.8. The molecule has 2 aliphatic heterocycles. The summed E-state index contributed by atoms with van der Waals surface area (Å²) in [5.41, 5.74) is -2.55. The molecule has 20 heteroatoms. The molecule has 18 nitrogen and oxygen atoms in total. The average molecular weight is 727 g/mol. The fourth-order valence-electron chi connectivity index (χ4n) is 4.64. The van der Waals surface area contributed by atoms with E-state index in [2.05, 4.69) is 0 Å². The van der Waals surface area contributed by atoms with Crippen molar-refractivity contribution in [3.8, 4) is 0 Å². The molecule has 2 heterocycles. The highest BCUT2D eigenvalue weighted by Crippen LogP contribution is 2.45. The standard InChI is InChI=1S/C28H38O18S2/c1-11(29)37-9-19-21(39-13(3)31)23(41-15(5)33)25(43-17(7)35)27(45-19)47-48-28-26(44-18(8)36)24(42-16(6)34)22(40-14(4)32)20(46-28)10-38-12(2)30/h19-28H,9-10H2,1-8H3/t19-,20+,21-,22-,23+,24-,25+,26-,27+,28-/m1/s1. The van der Waals surface area contributed by atoms with Crippen LogP contribution in [0.1, 0.15) is 55.4 Å². The summed E-state index contributed by atoms with van der Waals surface area (Å²) in [7, 11) is 1.62. The van der Waals surface area contributed by atoms with Crippen LogP contribution in [0.4, 0.5) is 0 Å². The van der Waals surface area contributed by atoms with Crippen LogP contribution in [0.15, 0.2) is 0 Å². The number of rotatable bonds is 13. The van der Waals surface area contributed by atoms with Gasteiger partial charge in [-0.3, -0.25) is 38.4 Å². The lowest BCUT2D eigenvalue weighted by Crippen LogP contribution is -2.62. The molecule has 2 fully saturated rings. The molecular weight excluding hydrogens is 688 g/mol. The Morgan fingerprint density at radius 3 is 0.896 bits per heavy atom. The molecular formula is C28H38O18S2. The van der Waals surface area contributed by atoms with Gasteiger partial charge in [-0.1, -0.05) is 21.6 Å². The molecule has 2 aliphatic rings. The zero-order valence-corrected chi connectivity index (χ0v) is 29.0. The quantitative estimate of drug-likeness (QED) is 0.143. The van der Waals surface area contributed by atoms with Crippen LogP contribution in [0, 0.1) is 0 Å². The van der Waals surface area contributed by atoms with E-state index < -0.39 is 121 Å². The Labute approximate surface area is 283 Å². The van der Waals surface area contributed by atoms with Gasteiger partial charge in [-0.2, -0.15) is 0 Å². The van der Waals surface area contributed by atoms with E-state index in [0.717, 1.165) is 77.0 Å². The number of esters is 8. The maximum absolute atomic E-state index is 12.2. The summed E-state index contributed by atoms with van der Waals surface area (Å²) >= 11 is 0. The van der Waals surface area contributed by atoms with Crippen LogP contribution in [0.25, 0.3) is 0 Å². The monoisotopic (exact) mass is 726 g/mol. The van der Waals surface area contributed by atoms with Gasteiger partial charge in [-0.25, -0.2) is 0 Å². The smallest absolute Gasteiger partial charge is 0.303 e. The molecule has 0 aromatic rings. The Bertz CT molecular complexity index is 1130. The fraction of sp³-hybridized carbons (Fsp3) is 0.714. The largest absolute Gasteiger partial charge is 0.463 e. The van der Waals surface area contributed by atoms with E-state index in [1.54, 1.807) is 0 Å². The Balaban J connectivity index is 2.57. The number of carbonyl (C=O) groups is 8. The fourth-order valence-corrected chi connectivity index (χ4v) is 7.46. The predicted molar refractivity (Wildman–Crippen MR) is 159 cm³/mol. The molecule has 0 saturated carbocycles. The van der Waals surface area contributed by atoms with Gasteiger partial charge in [0, 0.05) is 55.4 Å². The molecule has 0 unspecified atom stereocenters. The number of hydrogen-bond donors (Lipinski definition) is 0. The highest BCUT2D eigenvalue weighted by Gasteiger charge is 2.55. The van der Waals surface area contributed by atoms with Crippen LogP contribution in [0.5, 0.6) is 0 Å². The molecule has 0 N–H and O–H groups in total. The minimum atomic E-state index is -1.46. The van der Waals surface area contributed by atoms with Crippen molar-refractivity contribution < 1.29 is 85.7 Å². The minimum absolute atomic E-state index is 0.474. The van der Waals surface area contributed by atoms with E-state index in [1.807, 2.05) is 0 Å². The van der Waals surface area contributed by atoms with Crippen molar-refractivity contribution in [2.75, 3.05) is 13.2 Å². The zero-order valence-electron chi connectivity index (χ0n) is 27.4.